The molecule has 7 nitrogen and oxygen atoms in total. The zero-order valence-corrected chi connectivity index (χ0v) is 16.6. The van der Waals surface area contributed by atoms with Crippen LogP contribution in [0.15, 0.2) is 24.3 Å². The number of benzene rings is 1. The molecule has 3 N–H and O–H groups in total. The molecule has 0 fully saturated rings. The van der Waals surface area contributed by atoms with E-state index in [-0.39, 0.29) is 17.4 Å². The highest BCUT2D eigenvalue weighted by atomic mass is 19.1. The molecule has 1 atom stereocenters. The fourth-order valence-corrected chi connectivity index (χ4v) is 3.32. The minimum absolute atomic E-state index is 0.259. The lowest BCUT2D eigenvalue weighted by molar-refractivity contribution is -0.124. The highest BCUT2D eigenvalue weighted by molar-refractivity contribution is 5.97. The van der Waals surface area contributed by atoms with E-state index in [9.17, 15) is 14.0 Å². The van der Waals surface area contributed by atoms with Crippen molar-refractivity contribution >= 4 is 11.8 Å². The summed E-state index contributed by atoms with van der Waals surface area (Å²) in [5.74, 6) is -0.364. The van der Waals surface area contributed by atoms with Crippen molar-refractivity contribution in [3.63, 3.8) is 0 Å². The molecule has 150 valence electrons. The number of imidazole rings is 1. The van der Waals surface area contributed by atoms with Crippen LogP contribution in [0, 0.1) is 11.2 Å². The van der Waals surface area contributed by atoms with Crippen molar-refractivity contribution < 1.29 is 14.0 Å². The third-order valence-electron chi connectivity index (χ3n) is 4.84. The molecule has 0 saturated carbocycles. The second-order valence-electron chi connectivity index (χ2n) is 7.95. The average molecular weight is 387 g/mol. The fraction of sp³-hybridized carbons (Fsp3) is 0.450. The Morgan fingerprint density at radius 1 is 1.25 bits per heavy atom. The predicted molar refractivity (Wildman–Crippen MR) is 104 cm³/mol. The molecule has 0 aliphatic carbocycles. The Kier molecular flexibility index (Phi) is 5.51. The van der Waals surface area contributed by atoms with Crippen molar-refractivity contribution in [2.24, 2.45) is 5.41 Å². The van der Waals surface area contributed by atoms with Crippen LogP contribution in [-0.2, 0) is 17.9 Å². The van der Waals surface area contributed by atoms with Crippen LogP contribution < -0.4 is 16.0 Å². The molecule has 1 aromatic heterocycles. The smallest absolute Gasteiger partial charge is 0.272 e. The number of amides is 2. The van der Waals surface area contributed by atoms with Crippen LogP contribution in [0.4, 0.5) is 4.39 Å². The molecule has 28 heavy (non-hydrogen) atoms. The van der Waals surface area contributed by atoms with Gasteiger partial charge in [-0.1, -0.05) is 20.8 Å². The summed E-state index contributed by atoms with van der Waals surface area (Å²) >= 11 is 0. The van der Waals surface area contributed by atoms with E-state index in [0.717, 1.165) is 17.8 Å². The van der Waals surface area contributed by atoms with Crippen molar-refractivity contribution in [2.45, 2.75) is 39.9 Å². The molecule has 0 radical (unpaired) electrons. The first kappa shape index (κ1) is 20.0. The van der Waals surface area contributed by atoms with Gasteiger partial charge >= 0.3 is 0 Å². The first-order chi connectivity index (χ1) is 13.2. The Morgan fingerprint density at radius 3 is 2.54 bits per heavy atom. The molecule has 3 rings (SSSR count). The summed E-state index contributed by atoms with van der Waals surface area (Å²) in [4.78, 5) is 29.9. The first-order valence-corrected chi connectivity index (χ1v) is 9.31. The van der Waals surface area contributed by atoms with Gasteiger partial charge in [0, 0.05) is 32.2 Å². The van der Waals surface area contributed by atoms with E-state index < -0.39 is 17.4 Å². The lowest BCUT2D eigenvalue weighted by atomic mass is 9.86. The molecule has 0 bridgehead atoms. The molecule has 0 unspecified atom stereocenters. The molecule has 8 heteroatoms. The molecule has 2 aromatic rings. The van der Waals surface area contributed by atoms with Gasteiger partial charge in [0.15, 0.2) is 5.69 Å². The van der Waals surface area contributed by atoms with E-state index >= 15 is 0 Å². The number of nitrogens with zero attached hydrogens (tertiary/aromatic N) is 2. The zero-order valence-electron chi connectivity index (χ0n) is 16.6. The van der Waals surface area contributed by atoms with Crippen molar-refractivity contribution in [1.29, 1.82) is 0 Å². The van der Waals surface area contributed by atoms with Crippen LogP contribution in [-0.4, -0.2) is 41.0 Å². The van der Waals surface area contributed by atoms with Gasteiger partial charge < -0.3 is 20.5 Å². The Morgan fingerprint density at radius 2 is 1.93 bits per heavy atom. The highest BCUT2D eigenvalue weighted by Crippen LogP contribution is 2.26. The summed E-state index contributed by atoms with van der Waals surface area (Å²) in [6.45, 7) is 7.57. The number of nitrogens with one attached hydrogen (secondary N) is 3. The number of halogens is 1. The second-order valence-corrected chi connectivity index (χ2v) is 7.95. The molecular weight excluding hydrogens is 361 g/mol. The summed E-state index contributed by atoms with van der Waals surface area (Å²) in [7, 11) is 1.54. The number of hydrogen-bond acceptors (Lipinski definition) is 4. The van der Waals surface area contributed by atoms with Crippen LogP contribution in [0.3, 0.4) is 0 Å². The van der Waals surface area contributed by atoms with E-state index in [0.29, 0.717) is 18.9 Å². The van der Waals surface area contributed by atoms with Crippen LogP contribution in [0.25, 0.3) is 11.4 Å². The Hall–Kier alpha value is -2.74. The van der Waals surface area contributed by atoms with E-state index in [1.807, 2.05) is 25.3 Å². The largest absolute Gasteiger partial charge is 0.357 e. The maximum absolute atomic E-state index is 13.3. The number of carbonyl (C=O) groups is 2. The number of likely N-dealkylation sites (N-methyl/N-ethyl adjacent to an activating group) is 1. The normalized spacial score (nSPS) is 14.9. The average Bonchev–Trinajstić information content (AvgIpc) is 3.05. The third kappa shape index (κ3) is 3.91. The molecule has 0 saturated heterocycles. The molecule has 1 aromatic carbocycles. The SMILES string of the molecule is CNC(=O)[C@@H](NC(=O)c1nc(-c2ccc(F)cc2)n2c1CNCC2)C(C)(C)C. The number of rotatable bonds is 4. The minimum atomic E-state index is -0.701. The van der Waals surface area contributed by atoms with E-state index in [1.54, 1.807) is 19.2 Å². The van der Waals surface area contributed by atoms with Crippen LogP contribution in [0.1, 0.15) is 37.0 Å². The Balaban J connectivity index is 1.98. The van der Waals surface area contributed by atoms with Gasteiger partial charge in [-0.3, -0.25) is 9.59 Å². The van der Waals surface area contributed by atoms with Crippen LogP contribution in [0.5, 0.6) is 0 Å². The molecule has 1 aliphatic heterocycles. The summed E-state index contributed by atoms with van der Waals surface area (Å²) in [5, 5.41) is 8.68. The van der Waals surface area contributed by atoms with Gasteiger partial charge in [-0.2, -0.15) is 0 Å². The van der Waals surface area contributed by atoms with E-state index in [4.69, 9.17) is 0 Å². The first-order valence-electron chi connectivity index (χ1n) is 9.31. The van der Waals surface area contributed by atoms with Gasteiger partial charge in [-0.25, -0.2) is 9.37 Å². The fourth-order valence-electron chi connectivity index (χ4n) is 3.32. The molecule has 2 amide bonds. The van der Waals surface area contributed by atoms with Crippen molar-refractivity contribution in [3.8, 4) is 11.4 Å². The van der Waals surface area contributed by atoms with Crippen LogP contribution in [0.2, 0.25) is 0 Å². The second kappa shape index (κ2) is 7.71. The molecule has 2 heterocycles. The number of aromatic nitrogens is 2. The van der Waals surface area contributed by atoms with E-state index in [2.05, 4.69) is 20.9 Å². The maximum atomic E-state index is 13.3. The van der Waals surface area contributed by atoms with Gasteiger partial charge in [0.1, 0.15) is 17.7 Å². The lowest BCUT2D eigenvalue weighted by Gasteiger charge is -2.29. The van der Waals surface area contributed by atoms with E-state index in [1.165, 1.54) is 12.1 Å². The Bertz CT molecular complexity index is 883. The number of hydrogen-bond donors (Lipinski definition) is 3. The number of carbonyl (C=O) groups excluding carboxylic acids is 2. The van der Waals surface area contributed by atoms with Crippen LogP contribution >= 0.6 is 0 Å². The molecule has 1 aliphatic rings. The van der Waals surface area contributed by atoms with Crippen molar-refractivity contribution in [1.82, 2.24) is 25.5 Å². The van der Waals surface area contributed by atoms with Gasteiger partial charge in [0.25, 0.3) is 5.91 Å². The van der Waals surface area contributed by atoms with Gasteiger partial charge in [-0.05, 0) is 29.7 Å². The number of fused-ring (bicyclic) bond motifs is 1. The standard InChI is InChI=1S/C20H26FN5O2/c1-20(2,3)16(19(28)22-4)25-18(27)15-14-11-23-9-10-26(14)17(24-15)12-5-7-13(21)8-6-12/h5-8,16,23H,9-11H2,1-4H3,(H,22,28)(H,25,27)/t16-/m1/s1. The summed E-state index contributed by atoms with van der Waals surface area (Å²) < 4.78 is 15.3. The van der Waals surface area contributed by atoms with Crippen molar-refractivity contribution in [2.75, 3.05) is 13.6 Å². The maximum Gasteiger partial charge on any atom is 0.272 e. The summed E-state index contributed by atoms with van der Waals surface area (Å²) in [6, 6.07) is 5.35. The Labute approximate surface area is 163 Å². The topological polar surface area (TPSA) is 88.1 Å². The molecule has 0 spiro atoms. The van der Waals surface area contributed by atoms with Crippen molar-refractivity contribution in [3.05, 3.63) is 41.5 Å². The quantitative estimate of drug-likeness (QED) is 0.745. The van der Waals surface area contributed by atoms with Gasteiger partial charge in [-0.15, -0.1) is 0 Å². The summed E-state index contributed by atoms with van der Waals surface area (Å²) in [5.41, 5.74) is 1.31. The lowest BCUT2D eigenvalue weighted by Crippen LogP contribution is -2.53. The summed E-state index contributed by atoms with van der Waals surface area (Å²) in [6.07, 6.45) is 0. The predicted octanol–water partition coefficient (Wildman–Crippen LogP) is 1.68. The van der Waals surface area contributed by atoms with Gasteiger partial charge in [0.05, 0.1) is 5.69 Å². The third-order valence-corrected chi connectivity index (χ3v) is 4.84. The highest BCUT2D eigenvalue weighted by Gasteiger charge is 2.34. The minimum Gasteiger partial charge on any atom is -0.357 e. The van der Waals surface area contributed by atoms with Gasteiger partial charge in [0.2, 0.25) is 5.91 Å². The zero-order chi connectivity index (χ0) is 20.5. The molecular formula is C20H26FN5O2. The monoisotopic (exact) mass is 387 g/mol.